The summed E-state index contributed by atoms with van der Waals surface area (Å²) in [6.07, 6.45) is -0.780. The highest BCUT2D eigenvalue weighted by Crippen LogP contribution is 2.40. The number of amides is 2. The Hall–Kier alpha value is -2.76. The minimum Gasteiger partial charge on any atom is -0.496 e. The molecule has 0 heterocycles. The molecule has 2 N–H and O–H groups in total. The topological polar surface area (TPSA) is 127 Å². The number of methoxy groups -OCH3 is 1. The van der Waals surface area contributed by atoms with E-state index in [-0.39, 0.29) is 40.6 Å². The molecule has 2 aliphatic rings. The monoisotopic (exact) mass is 721 g/mol. The Morgan fingerprint density at radius 1 is 1.12 bits per heavy atom. The van der Waals surface area contributed by atoms with Crippen molar-refractivity contribution in [2.75, 3.05) is 13.7 Å². The van der Waals surface area contributed by atoms with Crippen molar-refractivity contribution < 1.29 is 40.1 Å². The van der Waals surface area contributed by atoms with Gasteiger partial charge in [-0.05, 0) is 71.3 Å². The lowest BCUT2D eigenvalue weighted by Gasteiger charge is -2.37. The first-order valence-corrected chi connectivity index (χ1v) is 15.2. The molecule has 2 saturated carbocycles. The molecule has 9 nitrogen and oxygen atoms in total. The summed E-state index contributed by atoms with van der Waals surface area (Å²) in [5.41, 5.74) is -2.46. The van der Waals surface area contributed by atoms with Gasteiger partial charge >= 0.3 is 12.1 Å². The third-order valence-electron chi connectivity index (χ3n) is 8.89. The molecule has 0 aliphatic heterocycles. The van der Waals surface area contributed by atoms with Crippen molar-refractivity contribution in [1.82, 2.24) is 10.6 Å². The third-order valence-corrected chi connectivity index (χ3v) is 9.29. The first kappa shape index (κ1) is 34.7. The molecule has 0 aromatic heterocycles. The van der Waals surface area contributed by atoms with Gasteiger partial charge in [-0.15, -0.1) is 0 Å². The summed E-state index contributed by atoms with van der Waals surface area (Å²) in [4.78, 5) is 38.9. The maximum atomic E-state index is 13.6. The lowest BCUT2D eigenvalue weighted by Crippen LogP contribution is -2.53. The van der Waals surface area contributed by atoms with E-state index in [1.54, 1.807) is 23.0 Å². The zero-order valence-corrected chi connectivity index (χ0v) is 27.2. The summed E-state index contributed by atoms with van der Waals surface area (Å²) >= 11 is 1.58. The van der Waals surface area contributed by atoms with Crippen LogP contribution in [0.4, 0.5) is 13.2 Å². The summed E-state index contributed by atoms with van der Waals surface area (Å²) in [5, 5.41) is 15.1. The molecule has 0 bridgehead atoms. The lowest BCUT2D eigenvalue weighted by atomic mass is 9.75. The van der Waals surface area contributed by atoms with Crippen LogP contribution in [0.15, 0.2) is 12.1 Å². The second-order valence-electron chi connectivity index (χ2n) is 12.5. The Labute approximate surface area is 264 Å². The second-order valence-corrected chi connectivity index (χ2v) is 13.0. The van der Waals surface area contributed by atoms with Gasteiger partial charge in [0, 0.05) is 18.7 Å². The van der Waals surface area contributed by atoms with E-state index in [1.807, 2.05) is 13.8 Å². The number of rotatable bonds is 9. The number of nitriles is 1. The van der Waals surface area contributed by atoms with Crippen molar-refractivity contribution in [3.05, 3.63) is 23.3 Å². The molecule has 13 heteroatoms. The van der Waals surface area contributed by atoms with Crippen LogP contribution < -0.4 is 20.1 Å². The van der Waals surface area contributed by atoms with E-state index >= 15 is 0 Å². The van der Waals surface area contributed by atoms with Crippen LogP contribution in [0.5, 0.6) is 11.5 Å². The minimum atomic E-state index is -4.49. The van der Waals surface area contributed by atoms with Crippen LogP contribution in [0.1, 0.15) is 88.6 Å². The van der Waals surface area contributed by atoms with E-state index in [2.05, 4.69) is 16.7 Å². The van der Waals surface area contributed by atoms with Crippen LogP contribution in [0.2, 0.25) is 0 Å². The van der Waals surface area contributed by atoms with Crippen LogP contribution in [0, 0.1) is 34.0 Å². The number of hydrogen-bond acceptors (Lipinski definition) is 7. The Morgan fingerprint density at radius 2 is 1.77 bits per heavy atom. The van der Waals surface area contributed by atoms with E-state index in [9.17, 15) is 32.8 Å². The zero-order valence-electron chi connectivity index (χ0n) is 25.0. The molecule has 0 radical (unpaired) electrons. The first-order valence-electron chi connectivity index (χ1n) is 14.3. The highest BCUT2D eigenvalue weighted by Gasteiger charge is 2.48. The van der Waals surface area contributed by atoms with E-state index in [4.69, 9.17) is 12.5 Å². The van der Waals surface area contributed by atoms with E-state index in [0.29, 0.717) is 38.5 Å². The summed E-state index contributed by atoms with van der Waals surface area (Å²) in [6.45, 7) is 5.21. The van der Waals surface area contributed by atoms with Gasteiger partial charge in [0.1, 0.15) is 17.6 Å². The number of nitrogens with zero attached hydrogens (tertiary/aromatic N) is 1. The number of halogens is 4. The average molecular weight is 722 g/mol. The van der Waals surface area contributed by atoms with Crippen LogP contribution in [0.3, 0.4) is 0 Å². The van der Waals surface area contributed by atoms with Gasteiger partial charge in [0.15, 0.2) is 23.0 Å². The summed E-state index contributed by atoms with van der Waals surface area (Å²) < 4.78 is 56.5. The maximum Gasteiger partial charge on any atom is 0.395 e. The van der Waals surface area contributed by atoms with Crippen LogP contribution >= 0.6 is 23.0 Å². The number of nitrogens with one attached hydrogen (secondary N) is 2. The molecule has 0 saturated heterocycles. The number of carbonyl (C=O) groups is 3. The van der Waals surface area contributed by atoms with Crippen molar-refractivity contribution in [2.24, 2.45) is 22.7 Å². The van der Waals surface area contributed by atoms with E-state index in [0.717, 1.165) is 20.3 Å². The molecule has 2 aliphatic carbocycles. The van der Waals surface area contributed by atoms with Crippen molar-refractivity contribution in [3.8, 4) is 17.6 Å². The summed E-state index contributed by atoms with van der Waals surface area (Å²) in [7, 11) is 1.36. The Morgan fingerprint density at radius 3 is 2.33 bits per heavy atom. The SMILES string of the molecule is COc1cc(C#N)c(OC2CCC(C)(C(=O)OI)CC2)cc1C(=O)N[C@H]1[C@@H](C(=O)NCC(C)(C)C(F)(F)F)CCC[C@@H]1C. The van der Waals surface area contributed by atoms with Crippen LogP contribution in [0.25, 0.3) is 0 Å². The normalized spacial score (nSPS) is 26.0. The first-order chi connectivity index (χ1) is 20.1. The summed E-state index contributed by atoms with van der Waals surface area (Å²) in [6, 6.07) is 4.29. The fourth-order valence-electron chi connectivity index (χ4n) is 5.64. The van der Waals surface area contributed by atoms with Crippen molar-refractivity contribution in [2.45, 2.75) is 91.0 Å². The smallest absolute Gasteiger partial charge is 0.395 e. The fraction of sp³-hybridized carbons (Fsp3) is 0.667. The van der Waals surface area contributed by atoms with Gasteiger partial charge < -0.3 is 23.2 Å². The van der Waals surface area contributed by atoms with Gasteiger partial charge in [0.2, 0.25) is 5.91 Å². The van der Waals surface area contributed by atoms with Crippen molar-refractivity contribution in [1.29, 1.82) is 5.26 Å². The molecule has 3 atom stereocenters. The van der Waals surface area contributed by atoms with E-state index < -0.39 is 47.3 Å². The number of alkyl halides is 3. The van der Waals surface area contributed by atoms with E-state index in [1.165, 1.54) is 19.2 Å². The molecule has 238 valence electrons. The molecular formula is C30H39F3IN3O6. The third kappa shape index (κ3) is 8.05. The lowest BCUT2D eigenvalue weighted by molar-refractivity contribution is -0.209. The van der Waals surface area contributed by atoms with Gasteiger partial charge in [0.25, 0.3) is 5.91 Å². The molecule has 1 aromatic carbocycles. The standard InChI is InChI=1S/C30H39F3IN3O6/c1-17-7-6-8-20(25(38)36-16-28(2,3)30(31,32)33)24(17)37-26(39)21-14-22(18(15-35)13-23(21)41-5)42-19-9-11-29(4,12-10-19)27(40)43-34/h13-14,17,19-20,24H,6-12,16H2,1-5H3,(H,36,38)(H,37,39)/t17-,19?,20-,24+,29?/m0/s1. The second kappa shape index (κ2) is 13.9. The highest BCUT2D eigenvalue weighted by atomic mass is 127. The number of benzene rings is 1. The zero-order chi connectivity index (χ0) is 32.2. The minimum absolute atomic E-state index is 0.0979. The van der Waals surface area contributed by atoms with Gasteiger partial charge in [-0.1, -0.05) is 13.3 Å². The molecule has 1 aromatic rings. The predicted octanol–water partition coefficient (Wildman–Crippen LogP) is 6.03. The average Bonchev–Trinajstić information content (AvgIpc) is 2.96. The summed E-state index contributed by atoms with van der Waals surface area (Å²) in [5.74, 6) is -1.89. The molecule has 0 spiro atoms. The largest absolute Gasteiger partial charge is 0.496 e. The molecular weight excluding hydrogens is 682 g/mol. The molecule has 0 unspecified atom stereocenters. The van der Waals surface area contributed by atoms with Crippen LogP contribution in [-0.2, 0) is 12.7 Å². The number of carbonyl (C=O) groups excluding carboxylic acids is 3. The predicted molar refractivity (Wildman–Crippen MR) is 159 cm³/mol. The Bertz CT molecular complexity index is 1240. The Kier molecular flexibility index (Phi) is 11.2. The van der Waals surface area contributed by atoms with Crippen LogP contribution in [-0.4, -0.2) is 49.8 Å². The van der Waals surface area contributed by atoms with Crippen molar-refractivity contribution in [3.63, 3.8) is 0 Å². The van der Waals surface area contributed by atoms with Gasteiger partial charge in [-0.25, -0.2) is 0 Å². The van der Waals surface area contributed by atoms with Gasteiger partial charge in [0.05, 0.1) is 41.1 Å². The molecule has 43 heavy (non-hydrogen) atoms. The highest BCUT2D eigenvalue weighted by molar-refractivity contribution is 14.1. The van der Waals surface area contributed by atoms with Crippen molar-refractivity contribution >= 4 is 40.8 Å². The number of ether oxygens (including phenoxy) is 2. The quantitative estimate of drug-likeness (QED) is 0.299. The molecule has 2 fully saturated rings. The number of hydrogen-bond donors (Lipinski definition) is 2. The fourth-order valence-corrected chi connectivity index (χ4v) is 6.17. The van der Waals surface area contributed by atoms with Gasteiger partial charge in [-0.2, -0.15) is 18.4 Å². The molecule has 3 rings (SSSR count). The maximum absolute atomic E-state index is 13.6. The Balaban J connectivity index is 1.79. The molecule has 2 amide bonds. The van der Waals surface area contributed by atoms with Gasteiger partial charge in [-0.3, -0.25) is 14.4 Å².